The van der Waals surface area contributed by atoms with Crippen molar-refractivity contribution in [2.75, 3.05) is 26.2 Å². The summed E-state index contributed by atoms with van der Waals surface area (Å²) in [5.41, 5.74) is 5.58. The standard InChI is InChI=1S/C13H22N2O2/c14-6-3-7-15(10-12-4-1-8-16-12)11-13-5-2-9-17-13/h1,4,8,13H,2-3,5-7,9-11,14H2. The lowest BCUT2D eigenvalue weighted by Crippen LogP contribution is -2.33. The first kappa shape index (κ1) is 12.6. The Labute approximate surface area is 103 Å². The summed E-state index contributed by atoms with van der Waals surface area (Å²) in [5.74, 6) is 1.01. The summed E-state index contributed by atoms with van der Waals surface area (Å²) in [6.07, 6.45) is 5.51. The molecule has 0 aromatic carbocycles. The van der Waals surface area contributed by atoms with Gasteiger partial charge in [-0.15, -0.1) is 0 Å². The largest absolute Gasteiger partial charge is 0.468 e. The first-order valence-corrected chi connectivity index (χ1v) is 6.45. The number of rotatable bonds is 7. The topological polar surface area (TPSA) is 51.6 Å². The van der Waals surface area contributed by atoms with Crippen LogP contribution >= 0.6 is 0 Å². The third-order valence-corrected chi connectivity index (χ3v) is 3.12. The van der Waals surface area contributed by atoms with Crippen LogP contribution in [0.5, 0.6) is 0 Å². The highest BCUT2D eigenvalue weighted by Gasteiger charge is 2.19. The smallest absolute Gasteiger partial charge is 0.117 e. The van der Waals surface area contributed by atoms with Gasteiger partial charge in [0.2, 0.25) is 0 Å². The molecule has 96 valence electrons. The first-order valence-electron chi connectivity index (χ1n) is 6.45. The van der Waals surface area contributed by atoms with Crippen molar-refractivity contribution < 1.29 is 9.15 Å². The Morgan fingerprint density at radius 1 is 1.47 bits per heavy atom. The molecule has 1 fully saturated rings. The molecule has 0 saturated carbocycles. The second-order valence-electron chi connectivity index (χ2n) is 4.59. The van der Waals surface area contributed by atoms with Crippen molar-refractivity contribution in [3.05, 3.63) is 24.2 Å². The second kappa shape index (κ2) is 6.79. The van der Waals surface area contributed by atoms with Gasteiger partial charge in [0.25, 0.3) is 0 Å². The van der Waals surface area contributed by atoms with Crippen molar-refractivity contribution in [3.63, 3.8) is 0 Å². The van der Waals surface area contributed by atoms with Crippen LogP contribution in [0.2, 0.25) is 0 Å². The van der Waals surface area contributed by atoms with E-state index >= 15 is 0 Å². The van der Waals surface area contributed by atoms with Crippen LogP contribution in [0.25, 0.3) is 0 Å². The number of nitrogens with two attached hydrogens (primary N) is 1. The lowest BCUT2D eigenvalue weighted by Gasteiger charge is -2.24. The molecule has 17 heavy (non-hydrogen) atoms. The minimum absolute atomic E-state index is 0.391. The Kier molecular flexibility index (Phi) is 5.04. The quantitative estimate of drug-likeness (QED) is 0.784. The van der Waals surface area contributed by atoms with Gasteiger partial charge in [-0.25, -0.2) is 0 Å². The molecule has 1 unspecified atom stereocenters. The fraction of sp³-hybridized carbons (Fsp3) is 0.692. The number of hydrogen-bond donors (Lipinski definition) is 1. The Hall–Kier alpha value is -0.840. The van der Waals surface area contributed by atoms with Crippen molar-refractivity contribution in [3.8, 4) is 0 Å². The lowest BCUT2D eigenvalue weighted by atomic mass is 10.2. The zero-order valence-corrected chi connectivity index (χ0v) is 10.3. The summed E-state index contributed by atoms with van der Waals surface area (Å²) in [6, 6.07) is 3.95. The molecule has 2 rings (SSSR count). The predicted molar refractivity (Wildman–Crippen MR) is 66.6 cm³/mol. The SMILES string of the molecule is NCCCN(Cc1ccco1)CC1CCCO1. The van der Waals surface area contributed by atoms with Crippen LogP contribution < -0.4 is 5.73 Å². The van der Waals surface area contributed by atoms with Crippen molar-refractivity contribution in [2.45, 2.75) is 31.9 Å². The summed E-state index contributed by atoms with van der Waals surface area (Å²) >= 11 is 0. The Balaban J connectivity index is 1.83. The molecule has 0 radical (unpaired) electrons. The Morgan fingerprint density at radius 3 is 3.06 bits per heavy atom. The summed E-state index contributed by atoms with van der Waals surface area (Å²) in [4.78, 5) is 2.38. The van der Waals surface area contributed by atoms with Gasteiger partial charge in [-0.1, -0.05) is 0 Å². The van der Waals surface area contributed by atoms with Gasteiger partial charge >= 0.3 is 0 Å². The van der Waals surface area contributed by atoms with E-state index in [1.54, 1.807) is 6.26 Å². The van der Waals surface area contributed by atoms with E-state index in [9.17, 15) is 0 Å². The van der Waals surface area contributed by atoms with Gasteiger partial charge in [0.05, 0.1) is 18.9 Å². The van der Waals surface area contributed by atoms with Crippen molar-refractivity contribution in [2.24, 2.45) is 5.73 Å². The van der Waals surface area contributed by atoms with Crippen molar-refractivity contribution in [1.29, 1.82) is 0 Å². The van der Waals surface area contributed by atoms with Gasteiger partial charge in [0, 0.05) is 13.2 Å². The number of hydrogen-bond acceptors (Lipinski definition) is 4. The maximum Gasteiger partial charge on any atom is 0.117 e. The molecule has 0 spiro atoms. The number of nitrogens with zero attached hydrogens (tertiary/aromatic N) is 1. The zero-order valence-electron chi connectivity index (χ0n) is 10.3. The molecule has 1 atom stereocenters. The molecule has 2 heterocycles. The maximum atomic E-state index is 5.68. The van der Waals surface area contributed by atoms with E-state index in [1.807, 2.05) is 12.1 Å². The maximum absolute atomic E-state index is 5.68. The zero-order chi connectivity index (χ0) is 11.9. The fourth-order valence-electron chi connectivity index (χ4n) is 2.25. The summed E-state index contributed by atoms with van der Waals surface area (Å²) < 4.78 is 11.1. The van der Waals surface area contributed by atoms with Crippen LogP contribution in [-0.2, 0) is 11.3 Å². The Morgan fingerprint density at radius 2 is 2.41 bits per heavy atom. The minimum Gasteiger partial charge on any atom is -0.468 e. The molecule has 4 heteroatoms. The molecular formula is C13H22N2O2. The first-order chi connectivity index (χ1) is 8.38. The highest BCUT2D eigenvalue weighted by atomic mass is 16.5. The molecule has 0 amide bonds. The van der Waals surface area contributed by atoms with E-state index in [4.69, 9.17) is 14.9 Å². The summed E-state index contributed by atoms with van der Waals surface area (Å²) in [6.45, 7) is 4.50. The van der Waals surface area contributed by atoms with Gasteiger partial charge in [0.15, 0.2) is 0 Å². The fourth-order valence-corrected chi connectivity index (χ4v) is 2.25. The Bertz CT molecular complexity index is 294. The molecule has 0 bridgehead atoms. The molecule has 0 aliphatic carbocycles. The van der Waals surface area contributed by atoms with E-state index < -0.39 is 0 Å². The third-order valence-electron chi connectivity index (χ3n) is 3.12. The second-order valence-corrected chi connectivity index (χ2v) is 4.59. The molecule has 1 saturated heterocycles. The highest BCUT2D eigenvalue weighted by Crippen LogP contribution is 2.15. The monoisotopic (exact) mass is 238 g/mol. The van der Waals surface area contributed by atoms with E-state index in [0.29, 0.717) is 6.10 Å². The van der Waals surface area contributed by atoms with Crippen molar-refractivity contribution in [1.82, 2.24) is 4.90 Å². The average Bonchev–Trinajstić information content (AvgIpc) is 2.99. The molecule has 1 aliphatic heterocycles. The van der Waals surface area contributed by atoms with Gasteiger partial charge in [-0.05, 0) is 44.5 Å². The van der Waals surface area contributed by atoms with Crippen LogP contribution in [-0.4, -0.2) is 37.2 Å². The molecule has 1 aliphatic rings. The van der Waals surface area contributed by atoms with Gasteiger partial charge in [-0.2, -0.15) is 0 Å². The number of ether oxygens (including phenoxy) is 1. The van der Waals surface area contributed by atoms with Crippen LogP contribution in [0.3, 0.4) is 0 Å². The predicted octanol–water partition coefficient (Wildman–Crippen LogP) is 1.61. The van der Waals surface area contributed by atoms with E-state index in [1.165, 1.54) is 12.8 Å². The molecule has 2 N–H and O–H groups in total. The van der Waals surface area contributed by atoms with E-state index in [-0.39, 0.29) is 0 Å². The summed E-state index contributed by atoms with van der Waals surface area (Å²) in [7, 11) is 0. The van der Waals surface area contributed by atoms with E-state index in [0.717, 1.165) is 45.0 Å². The molecular weight excluding hydrogens is 216 g/mol. The normalized spacial score (nSPS) is 20.2. The van der Waals surface area contributed by atoms with Gasteiger partial charge < -0.3 is 14.9 Å². The van der Waals surface area contributed by atoms with Gasteiger partial charge in [-0.3, -0.25) is 4.90 Å². The van der Waals surface area contributed by atoms with Crippen LogP contribution in [0.15, 0.2) is 22.8 Å². The van der Waals surface area contributed by atoms with Gasteiger partial charge in [0.1, 0.15) is 5.76 Å². The van der Waals surface area contributed by atoms with Crippen LogP contribution in [0.1, 0.15) is 25.0 Å². The van der Waals surface area contributed by atoms with Crippen LogP contribution in [0.4, 0.5) is 0 Å². The molecule has 4 nitrogen and oxygen atoms in total. The highest BCUT2D eigenvalue weighted by molar-refractivity contribution is 4.98. The summed E-state index contributed by atoms with van der Waals surface area (Å²) in [5, 5.41) is 0. The average molecular weight is 238 g/mol. The van der Waals surface area contributed by atoms with Crippen LogP contribution in [0, 0.1) is 0 Å². The van der Waals surface area contributed by atoms with E-state index in [2.05, 4.69) is 4.90 Å². The number of furan rings is 1. The van der Waals surface area contributed by atoms with Crippen molar-refractivity contribution >= 4 is 0 Å². The minimum atomic E-state index is 0.391. The molecule has 1 aromatic rings. The lowest BCUT2D eigenvalue weighted by molar-refractivity contribution is 0.0681. The molecule has 1 aromatic heterocycles. The third kappa shape index (κ3) is 4.15.